The van der Waals surface area contributed by atoms with Gasteiger partial charge in [-0.2, -0.15) is 5.26 Å². The molecule has 6 heteroatoms. The van der Waals surface area contributed by atoms with Gasteiger partial charge in [0.1, 0.15) is 11.9 Å². The number of hydrogen-bond acceptors (Lipinski definition) is 4. The topological polar surface area (TPSA) is 72.3 Å². The molecule has 0 atom stereocenters. The fraction of sp³-hybridized carbons (Fsp3) is 0.435. The maximum atomic E-state index is 12.8. The van der Waals surface area contributed by atoms with Crippen LogP contribution in [0.3, 0.4) is 0 Å². The third-order valence-corrected chi connectivity index (χ3v) is 5.47. The third-order valence-electron chi connectivity index (χ3n) is 5.47. The van der Waals surface area contributed by atoms with Crippen molar-refractivity contribution in [1.29, 1.82) is 5.26 Å². The maximum absolute atomic E-state index is 12.8. The maximum Gasteiger partial charge on any atom is 0.317 e. The molecule has 3 rings (SSSR count). The van der Waals surface area contributed by atoms with Crippen LogP contribution in [0.4, 0.5) is 10.6 Å². The molecule has 0 aliphatic carbocycles. The molecule has 2 amide bonds. The van der Waals surface area contributed by atoms with Gasteiger partial charge < -0.3 is 15.1 Å². The van der Waals surface area contributed by atoms with Crippen molar-refractivity contribution >= 4 is 11.8 Å². The fourth-order valence-electron chi connectivity index (χ4n) is 3.65. The van der Waals surface area contributed by atoms with Gasteiger partial charge in [0, 0.05) is 44.3 Å². The monoisotopic (exact) mass is 391 g/mol. The smallest absolute Gasteiger partial charge is 0.317 e. The molecule has 0 unspecified atom stereocenters. The fourth-order valence-corrected chi connectivity index (χ4v) is 3.65. The van der Waals surface area contributed by atoms with Gasteiger partial charge in [0.05, 0.1) is 5.56 Å². The molecule has 1 fully saturated rings. The van der Waals surface area contributed by atoms with Crippen LogP contribution in [0.2, 0.25) is 0 Å². The largest absolute Gasteiger partial charge is 0.354 e. The standard InChI is InChI=1S/C23H29N5O/c1-18-7-4-9-20(15-18)23(2,3)17-26-22(29)28-12-6-11-27(13-14-28)21-19(16-24)8-5-10-25-21/h4-5,7-10,15H,6,11-14,17H2,1-3H3,(H,26,29). The number of anilines is 1. The van der Waals surface area contributed by atoms with E-state index in [1.807, 2.05) is 4.90 Å². The van der Waals surface area contributed by atoms with Gasteiger partial charge in [-0.15, -0.1) is 0 Å². The van der Waals surface area contributed by atoms with Crippen molar-refractivity contribution in [1.82, 2.24) is 15.2 Å². The number of amides is 2. The highest BCUT2D eigenvalue weighted by atomic mass is 16.2. The van der Waals surface area contributed by atoms with E-state index < -0.39 is 0 Å². The van der Waals surface area contributed by atoms with E-state index >= 15 is 0 Å². The van der Waals surface area contributed by atoms with Crippen LogP contribution in [0.25, 0.3) is 0 Å². The summed E-state index contributed by atoms with van der Waals surface area (Å²) >= 11 is 0. The minimum Gasteiger partial charge on any atom is -0.354 e. The zero-order chi connectivity index (χ0) is 20.9. The van der Waals surface area contributed by atoms with Crippen LogP contribution in [0, 0.1) is 18.3 Å². The van der Waals surface area contributed by atoms with Crippen LogP contribution >= 0.6 is 0 Å². The zero-order valence-electron chi connectivity index (χ0n) is 17.5. The summed E-state index contributed by atoms with van der Waals surface area (Å²) in [6, 6.07) is 14.2. The highest BCUT2D eigenvalue weighted by Gasteiger charge is 2.25. The Labute approximate surface area is 173 Å². The van der Waals surface area contributed by atoms with Crippen molar-refractivity contribution in [3.05, 3.63) is 59.3 Å². The molecule has 1 aromatic heterocycles. The number of pyridine rings is 1. The van der Waals surface area contributed by atoms with E-state index in [9.17, 15) is 10.1 Å². The molecule has 152 valence electrons. The first-order valence-corrected chi connectivity index (χ1v) is 10.1. The molecule has 2 aromatic rings. The first-order chi connectivity index (χ1) is 13.9. The van der Waals surface area contributed by atoms with Gasteiger partial charge in [-0.3, -0.25) is 0 Å². The summed E-state index contributed by atoms with van der Waals surface area (Å²) in [7, 11) is 0. The SMILES string of the molecule is Cc1cccc(C(C)(C)CNC(=O)N2CCCN(c3ncccc3C#N)CC2)c1. The van der Waals surface area contributed by atoms with E-state index in [0.717, 1.165) is 13.0 Å². The number of urea groups is 1. The van der Waals surface area contributed by atoms with E-state index in [4.69, 9.17) is 0 Å². The second kappa shape index (κ2) is 8.95. The van der Waals surface area contributed by atoms with Crippen molar-refractivity contribution < 1.29 is 4.79 Å². The highest BCUT2D eigenvalue weighted by Crippen LogP contribution is 2.23. The van der Waals surface area contributed by atoms with Crippen LogP contribution in [0.15, 0.2) is 42.6 Å². The second-order valence-electron chi connectivity index (χ2n) is 8.23. The summed E-state index contributed by atoms with van der Waals surface area (Å²) < 4.78 is 0. The Hall–Kier alpha value is -3.07. The number of rotatable bonds is 4. The molecule has 29 heavy (non-hydrogen) atoms. The van der Waals surface area contributed by atoms with Crippen LogP contribution in [0.1, 0.15) is 37.0 Å². The predicted molar refractivity (Wildman–Crippen MR) is 115 cm³/mol. The quantitative estimate of drug-likeness (QED) is 0.866. The average Bonchev–Trinajstić information content (AvgIpc) is 2.98. The Morgan fingerprint density at radius 3 is 2.79 bits per heavy atom. The lowest BCUT2D eigenvalue weighted by Crippen LogP contribution is -2.46. The number of carbonyl (C=O) groups is 1. The molecule has 0 radical (unpaired) electrons. The number of nitrogens with one attached hydrogen (secondary N) is 1. The van der Waals surface area contributed by atoms with Crippen molar-refractivity contribution in [2.45, 2.75) is 32.6 Å². The predicted octanol–water partition coefficient (Wildman–Crippen LogP) is 3.46. The molecule has 1 aliphatic heterocycles. The number of benzene rings is 1. The number of aromatic nitrogens is 1. The van der Waals surface area contributed by atoms with E-state index in [1.54, 1.807) is 18.3 Å². The third kappa shape index (κ3) is 5.05. The van der Waals surface area contributed by atoms with E-state index in [0.29, 0.717) is 37.6 Å². The molecule has 6 nitrogen and oxygen atoms in total. The number of aryl methyl sites for hydroxylation is 1. The molecule has 2 heterocycles. The van der Waals surface area contributed by atoms with Gasteiger partial charge >= 0.3 is 6.03 Å². The van der Waals surface area contributed by atoms with Crippen molar-refractivity contribution in [3.63, 3.8) is 0 Å². The average molecular weight is 392 g/mol. The lowest BCUT2D eigenvalue weighted by Gasteiger charge is -2.28. The summed E-state index contributed by atoms with van der Waals surface area (Å²) in [5, 5.41) is 12.4. The van der Waals surface area contributed by atoms with Crippen LogP contribution in [-0.2, 0) is 5.41 Å². The van der Waals surface area contributed by atoms with Crippen molar-refractivity contribution in [3.8, 4) is 6.07 Å². The summed E-state index contributed by atoms with van der Waals surface area (Å²) in [5.74, 6) is 0.706. The molecule has 0 saturated carbocycles. The Morgan fingerprint density at radius 1 is 1.21 bits per heavy atom. The molecular formula is C23H29N5O. The Balaban J connectivity index is 1.59. The number of carbonyl (C=O) groups excluding carboxylic acids is 1. The number of nitrogens with zero attached hydrogens (tertiary/aromatic N) is 4. The minimum absolute atomic E-state index is 0.0332. The molecule has 1 N–H and O–H groups in total. The second-order valence-corrected chi connectivity index (χ2v) is 8.23. The summed E-state index contributed by atoms with van der Waals surface area (Å²) in [4.78, 5) is 21.1. The first-order valence-electron chi connectivity index (χ1n) is 10.1. The van der Waals surface area contributed by atoms with Crippen molar-refractivity contribution in [2.24, 2.45) is 0 Å². The van der Waals surface area contributed by atoms with Gasteiger partial charge in [-0.25, -0.2) is 9.78 Å². The Bertz CT molecular complexity index is 902. The zero-order valence-corrected chi connectivity index (χ0v) is 17.5. The molecule has 0 bridgehead atoms. The van der Waals surface area contributed by atoms with Gasteiger partial charge in [-0.05, 0) is 31.0 Å². The Morgan fingerprint density at radius 2 is 2.03 bits per heavy atom. The van der Waals surface area contributed by atoms with Gasteiger partial charge in [0.25, 0.3) is 0 Å². The normalized spacial score (nSPS) is 14.8. The van der Waals surface area contributed by atoms with Gasteiger partial charge in [-0.1, -0.05) is 43.7 Å². The molecule has 1 saturated heterocycles. The summed E-state index contributed by atoms with van der Waals surface area (Å²) in [6.07, 6.45) is 2.55. The van der Waals surface area contributed by atoms with Crippen LogP contribution < -0.4 is 10.2 Å². The van der Waals surface area contributed by atoms with E-state index in [2.05, 4.69) is 66.3 Å². The number of hydrogen-bond donors (Lipinski definition) is 1. The highest BCUT2D eigenvalue weighted by molar-refractivity contribution is 5.74. The lowest BCUT2D eigenvalue weighted by atomic mass is 9.84. The van der Waals surface area contributed by atoms with Crippen LogP contribution in [0.5, 0.6) is 0 Å². The molecule has 1 aromatic carbocycles. The minimum atomic E-state index is -0.144. The lowest BCUT2D eigenvalue weighted by molar-refractivity contribution is 0.199. The number of nitriles is 1. The first kappa shape index (κ1) is 20.7. The molecule has 0 spiro atoms. The van der Waals surface area contributed by atoms with Gasteiger partial charge in [0.15, 0.2) is 0 Å². The summed E-state index contributed by atoms with van der Waals surface area (Å²) in [5.41, 5.74) is 2.87. The van der Waals surface area contributed by atoms with E-state index in [-0.39, 0.29) is 11.4 Å². The van der Waals surface area contributed by atoms with Crippen LogP contribution in [-0.4, -0.2) is 48.6 Å². The summed E-state index contributed by atoms with van der Waals surface area (Å²) in [6.45, 7) is 9.72. The van der Waals surface area contributed by atoms with Crippen molar-refractivity contribution in [2.75, 3.05) is 37.6 Å². The Kier molecular flexibility index (Phi) is 6.38. The molecular weight excluding hydrogens is 362 g/mol. The van der Waals surface area contributed by atoms with Gasteiger partial charge in [0.2, 0.25) is 0 Å². The molecule has 1 aliphatic rings. The van der Waals surface area contributed by atoms with E-state index in [1.165, 1.54) is 11.1 Å².